The summed E-state index contributed by atoms with van der Waals surface area (Å²) in [5.41, 5.74) is 8.79. The fraction of sp³-hybridized carbons (Fsp3) is 0.609. The van der Waals surface area contributed by atoms with Crippen molar-refractivity contribution >= 4 is 46.3 Å². The van der Waals surface area contributed by atoms with Crippen LogP contribution in [0.4, 0.5) is 29.1 Å². The van der Waals surface area contributed by atoms with Gasteiger partial charge in [0.2, 0.25) is 11.8 Å². The number of anilines is 2. The Balaban J connectivity index is 0.000000167. The largest absolute Gasteiger partial charge is 0.389 e. The number of likely N-dealkylation sites (N-methyl/N-ethyl adjacent to an activating group) is 1. The highest BCUT2D eigenvalue weighted by molar-refractivity contribution is 6.00. The average Bonchev–Trinajstić information content (AvgIpc) is 4.02. The third-order valence-corrected chi connectivity index (χ3v) is 14.6. The van der Waals surface area contributed by atoms with Crippen LogP contribution < -0.4 is 37.0 Å². The van der Waals surface area contributed by atoms with Gasteiger partial charge in [-0.1, -0.05) is 25.3 Å². The molecule has 0 bridgehead atoms. The van der Waals surface area contributed by atoms with Gasteiger partial charge in [0.1, 0.15) is 17.9 Å². The molecule has 7 aliphatic rings. The molecule has 18 nitrogen and oxygen atoms in total. The van der Waals surface area contributed by atoms with E-state index in [1.165, 1.54) is 49.1 Å². The van der Waals surface area contributed by atoms with Crippen LogP contribution in [0.25, 0.3) is 16.7 Å². The number of piperidine rings is 2. The molecule has 3 unspecified atom stereocenters. The van der Waals surface area contributed by atoms with E-state index in [4.69, 9.17) is 4.74 Å². The maximum absolute atomic E-state index is 15.4. The van der Waals surface area contributed by atoms with Crippen LogP contribution in [0.2, 0.25) is 0 Å². The summed E-state index contributed by atoms with van der Waals surface area (Å²) in [6, 6.07) is 5.18. The standard InChI is InChI=1S/C29H40F2N6O3.C12H12N4O2.C5H9F2N3/c1-33-26-21(8-5-9-22(26)37(28(33)40)23-10-11-25(38)32-27(23)39)35-14-16-36(17-15-35)24-12-13-34(19-29(24,30)31)18-20-6-3-2-4-7-20;17-4-9-3-13-16-2-1-10(14-11(9)16)15-5-12(6-15)7-18-8-12;1-8-3-2-9-10-4(3)5(6)7/h5,8-9,20,23-24H,2-4,6-7,10-19H2,1H3,(H,32,38,39);1-4H,5-8H2;2,4-5,8-10H,1H3. The first-order valence-electron chi connectivity index (χ1n) is 23.7. The molecule has 3 aromatic heterocycles. The third kappa shape index (κ3) is 9.55. The number of imidazole rings is 1. The number of hydrazine groups is 1. The molecule has 2 amide bonds. The molecule has 3 atom stereocenters. The number of nitrogens with zero attached hydrogens (tertiary/aromatic N) is 9. The van der Waals surface area contributed by atoms with Gasteiger partial charge >= 0.3 is 5.69 Å². The number of hydrogen-bond donors (Lipinski definition) is 4. The van der Waals surface area contributed by atoms with E-state index in [9.17, 15) is 28.0 Å². The number of amides is 2. The molecule has 1 saturated carbocycles. The van der Waals surface area contributed by atoms with E-state index in [2.05, 4.69) is 41.4 Å². The number of halogens is 4. The molecule has 9 heterocycles. The zero-order valence-corrected chi connectivity index (χ0v) is 38.5. The van der Waals surface area contributed by atoms with E-state index in [-0.39, 0.29) is 31.0 Å². The van der Waals surface area contributed by atoms with Crippen molar-refractivity contribution in [3.63, 3.8) is 0 Å². The molecule has 368 valence electrons. The van der Waals surface area contributed by atoms with Crippen molar-refractivity contribution in [3.8, 4) is 0 Å². The van der Waals surface area contributed by atoms with Crippen molar-refractivity contribution in [2.75, 3.05) is 89.0 Å². The van der Waals surface area contributed by atoms with E-state index in [0.29, 0.717) is 71.9 Å². The summed E-state index contributed by atoms with van der Waals surface area (Å²) in [5, 5.41) is 9.07. The van der Waals surface area contributed by atoms with E-state index >= 15 is 8.78 Å². The zero-order valence-electron chi connectivity index (χ0n) is 38.5. The van der Waals surface area contributed by atoms with Crippen LogP contribution >= 0.6 is 0 Å². The van der Waals surface area contributed by atoms with Crippen LogP contribution in [0.3, 0.4) is 0 Å². The van der Waals surface area contributed by atoms with Gasteiger partial charge in [0.15, 0.2) is 11.9 Å². The molecule has 6 fully saturated rings. The second kappa shape index (κ2) is 19.8. The Kier molecular flexibility index (Phi) is 13.8. The molecular formula is C46H61F4N13O5. The van der Waals surface area contributed by atoms with Crippen molar-refractivity contribution in [3.05, 3.63) is 64.6 Å². The fourth-order valence-corrected chi connectivity index (χ4v) is 11.0. The Hall–Kier alpha value is -5.58. The molecule has 1 aromatic carbocycles. The van der Waals surface area contributed by atoms with Crippen LogP contribution in [0.1, 0.15) is 67.8 Å². The summed E-state index contributed by atoms with van der Waals surface area (Å²) < 4.78 is 64.8. The van der Waals surface area contributed by atoms with Crippen LogP contribution in [0.5, 0.6) is 0 Å². The quantitative estimate of drug-likeness (QED) is 0.109. The lowest BCUT2D eigenvalue weighted by Crippen LogP contribution is -2.66. The molecule has 4 aromatic rings. The Bertz CT molecular complexity index is 2560. The number of ether oxygens (including phenoxy) is 1. The van der Waals surface area contributed by atoms with Crippen LogP contribution in [0, 0.1) is 11.3 Å². The second-order valence-electron chi connectivity index (χ2n) is 19.2. The number of aryl methyl sites for hydroxylation is 1. The highest BCUT2D eigenvalue weighted by Gasteiger charge is 2.50. The minimum Gasteiger partial charge on any atom is -0.389 e. The van der Waals surface area contributed by atoms with Crippen molar-refractivity contribution in [1.82, 2.24) is 55.0 Å². The number of para-hydroxylation sites is 1. The smallest absolute Gasteiger partial charge is 0.329 e. The number of fused-ring (bicyclic) bond motifs is 2. The lowest BCUT2D eigenvalue weighted by molar-refractivity contribution is -0.135. The van der Waals surface area contributed by atoms with Crippen molar-refractivity contribution in [1.29, 1.82) is 0 Å². The summed E-state index contributed by atoms with van der Waals surface area (Å²) >= 11 is 0. The number of piperazine rings is 1. The number of benzene rings is 1. The Labute approximate surface area is 390 Å². The van der Waals surface area contributed by atoms with Crippen LogP contribution in [-0.2, 0) is 21.4 Å². The number of rotatable bonds is 9. The molecule has 0 radical (unpaired) electrons. The van der Waals surface area contributed by atoms with Crippen molar-refractivity contribution < 1.29 is 36.7 Å². The molecule has 1 aliphatic carbocycles. The number of hydrogen-bond acceptors (Lipinski definition) is 14. The van der Waals surface area contributed by atoms with E-state index in [1.54, 1.807) is 23.2 Å². The second-order valence-corrected chi connectivity index (χ2v) is 19.2. The number of aldehydes is 1. The summed E-state index contributed by atoms with van der Waals surface area (Å²) in [7, 11) is 3.30. The van der Waals surface area contributed by atoms with Crippen LogP contribution in [0.15, 0.2) is 53.4 Å². The van der Waals surface area contributed by atoms with Gasteiger partial charge < -0.3 is 25.3 Å². The minimum atomic E-state index is -2.74. The predicted molar refractivity (Wildman–Crippen MR) is 246 cm³/mol. The summed E-state index contributed by atoms with van der Waals surface area (Å²) in [4.78, 5) is 61.2. The maximum atomic E-state index is 15.4. The minimum absolute atomic E-state index is 0.149. The van der Waals surface area contributed by atoms with Gasteiger partial charge in [-0.3, -0.25) is 38.6 Å². The van der Waals surface area contributed by atoms with Gasteiger partial charge in [-0.2, -0.15) is 5.10 Å². The first-order valence-corrected chi connectivity index (χ1v) is 23.7. The lowest BCUT2D eigenvalue weighted by atomic mass is 9.78. The number of aromatic nitrogens is 5. The molecule has 22 heteroatoms. The van der Waals surface area contributed by atoms with Gasteiger partial charge in [0.25, 0.3) is 12.3 Å². The summed E-state index contributed by atoms with van der Waals surface area (Å²) in [5.74, 6) is -2.06. The Morgan fingerprint density at radius 1 is 0.956 bits per heavy atom. The van der Waals surface area contributed by atoms with E-state index < -0.39 is 36.4 Å². The molecule has 11 rings (SSSR count). The molecule has 68 heavy (non-hydrogen) atoms. The highest BCUT2D eigenvalue weighted by Crippen LogP contribution is 2.40. The maximum Gasteiger partial charge on any atom is 0.329 e. The topological polar surface area (TPSA) is 179 Å². The van der Waals surface area contributed by atoms with E-state index in [1.807, 2.05) is 40.3 Å². The number of carbonyl (C=O) groups is 3. The first kappa shape index (κ1) is 47.5. The SMILES string of the molecule is CNC1=CNNC1C(F)F.Cn1c(=O)n(C2CCC(=O)NC2=O)c2cccc(N3CCN(C4CCN(CC5CCCCC5)CC4(F)F)CC3)c21.O=Cc1cnn2ccc(N3CC4(COC4)C3)nc12. The Morgan fingerprint density at radius 3 is 2.37 bits per heavy atom. The summed E-state index contributed by atoms with van der Waals surface area (Å²) in [6.45, 7) is 7.29. The van der Waals surface area contributed by atoms with Gasteiger partial charge in [0.05, 0.1) is 65.4 Å². The molecule has 1 spiro atoms. The highest BCUT2D eigenvalue weighted by atomic mass is 19.3. The third-order valence-electron chi connectivity index (χ3n) is 14.6. The van der Waals surface area contributed by atoms with Crippen molar-refractivity contribution in [2.24, 2.45) is 18.4 Å². The van der Waals surface area contributed by atoms with Gasteiger partial charge in [-0.15, -0.1) is 0 Å². The monoisotopic (exact) mass is 951 g/mol. The molecular weight excluding hydrogens is 891 g/mol. The Morgan fingerprint density at radius 2 is 1.72 bits per heavy atom. The number of nitrogens with one attached hydrogen (secondary N) is 4. The zero-order chi connectivity index (χ0) is 47.7. The number of carbonyl (C=O) groups excluding carboxylic acids is 3. The average molecular weight is 952 g/mol. The molecule has 4 N–H and O–H groups in total. The van der Waals surface area contributed by atoms with Gasteiger partial charge in [0, 0.05) is 85.3 Å². The van der Waals surface area contributed by atoms with Gasteiger partial charge in [-0.05, 0) is 49.8 Å². The van der Waals surface area contributed by atoms with Crippen LogP contribution in [-0.4, -0.2) is 155 Å². The number of likely N-dealkylation sites (tertiary alicyclic amines) is 1. The lowest BCUT2D eigenvalue weighted by Gasteiger charge is -2.55. The number of imide groups is 1. The predicted octanol–water partition coefficient (Wildman–Crippen LogP) is 2.90. The van der Waals surface area contributed by atoms with E-state index in [0.717, 1.165) is 57.2 Å². The van der Waals surface area contributed by atoms with Crippen molar-refractivity contribution in [2.45, 2.75) is 81.8 Å². The normalized spacial score (nSPS) is 25.2. The number of alkyl halides is 4. The van der Waals surface area contributed by atoms with Gasteiger partial charge in [-0.25, -0.2) is 37.3 Å². The summed E-state index contributed by atoms with van der Waals surface area (Å²) in [6.07, 6.45) is 10.3. The molecule has 6 aliphatic heterocycles. The fourth-order valence-electron chi connectivity index (χ4n) is 11.0. The molecule has 5 saturated heterocycles. The first-order chi connectivity index (χ1) is 32.8.